The van der Waals surface area contributed by atoms with Gasteiger partial charge in [0.05, 0.1) is 11.0 Å². The Bertz CT molecular complexity index is 979. The maximum Gasteiger partial charge on any atom is 0.263 e. The second-order valence-electron chi connectivity index (χ2n) is 7.72. The Morgan fingerprint density at radius 2 is 2.00 bits per heavy atom. The number of carbonyl (C=O) groups is 1. The van der Waals surface area contributed by atoms with E-state index in [2.05, 4.69) is 4.57 Å². The molecule has 7 heteroatoms. The van der Waals surface area contributed by atoms with Crippen LogP contribution in [0.25, 0.3) is 16.0 Å². The van der Waals surface area contributed by atoms with Crippen LogP contribution in [0.1, 0.15) is 28.9 Å². The molecule has 0 unspecified atom stereocenters. The number of anilines is 1. The van der Waals surface area contributed by atoms with Crippen molar-refractivity contribution in [1.82, 2.24) is 14.5 Å². The van der Waals surface area contributed by atoms with Gasteiger partial charge in [-0.2, -0.15) is 0 Å². The Labute approximate surface area is 169 Å². The third-order valence-corrected chi connectivity index (χ3v) is 6.51. The van der Waals surface area contributed by atoms with E-state index in [9.17, 15) is 9.90 Å². The molecule has 2 aromatic heterocycles. The fraction of sp³-hybridized carbons (Fsp3) is 0.429. The first kappa shape index (κ1) is 19.0. The summed E-state index contributed by atoms with van der Waals surface area (Å²) in [5, 5.41) is 10.1. The fourth-order valence-electron chi connectivity index (χ4n) is 3.93. The molecule has 0 radical (unpaired) electrons. The zero-order valence-corrected chi connectivity index (χ0v) is 17.3. The van der Waals surface area contributed by atoms with Gasteiger partial charge in [-0.15, -0.1) is 11.3 Å². The number of fused-ring (bicyclic) bond motifs is 1. The minimum Gasteiger partial charge on any atom is -0.393 e. The van der Waals surface area contributed by atoms with E-state index in [1.807, 2.05) is 62.4 Å². The largest absolute Gasteiger partial charge is 0.393 e. The topological polar surface area (TPSA) is 61.6 Å². The minimum absolute atomic E-state index is 0.00638. The number of rotatable bonds is 5. The van der Waals surface area contributed by atoms with Gasteiger partial charge in [0.15, 0.2) is 0 Å². The van der Waals surface area contributed by atoms with Crippen molar-refractivity contribution in [1.29, 1.82) is 0 Å². The average molecular weight is 399 g/mol. The van der Waals surface area contributed by atoms with E-state index in [1.54, 1.807) is 4.90 Å². The number of aliphatic hydroxyl groups excluding tert-OH is 1. The number of benzene rings is 1. The van der Waals surface area contributed by atoms with Gasteiger partial charge in [-0.05, 0) is 31.0 Å². The highest BCUT2D eigenvalue weighted by Gasteiger charge is 2.28. The minimum atomic E-state index is -0.288. The third kappa shape index (κ3) is 3.40. The van der Waals surface area contributed by atoms with Crippen LogP contribution in [0, 0.1) is 5.92 Å². The molecule has 1 saturated carbocycles. The van der Waals surface area contributed by atoms with Gasteiger partial charge in [-0.25, -0.2) is 4.98 Å². The predicted molar refractivity (Wildman–Crippen MR) is 114 cm³/mol. The number of hydrogen-bond donors (Lipinski definition) is 1. The van der Waals surface area contributed by atoms with Crippen LogP contribution in [0.5, 0.6) is 0 Å². The van der Waals surface area contributed by atoms with Crippen LogP contribution in [0.2, 0.25) is 0 Å². The summed E-state index contributed by atoms with van der Waals surface area (Å²) < 4.78 is 2.09. The summed E-state index contributed by atoms with van der Waals surface area (Å²) in [6.45, 7) is 0.594. The molecule has 0 saturated heterocycles. The first-order chi connectivity index (χ1) is 13.5. The summed E-state index contributed by atoms with van der Waals surface area (Å²) in [7, 11) is 5.76. The lowest BCUT2D eigenvalue weighted by Gasteiger charge is -2.22. The molecule has 3 aromatic rings. The normalized spacial score (nSPS) is 19.3. The molecule has 0 bridgehead atoms. The molecule has 28 heavy (non-hydrogen) atoms. The number of aliphatic hydroxyl groups is 1. The standard InChI is InChI=1S/C21H26N4O2S/c1-23(2)21-22-16-12-18(19(27)24(3)13-14-8-7-11-17(14)26)28-20(16)25(21)15-9-5-4-6-10-15/h4-6,9-10,12,14,17,26H,7-8,11,13H2,1-3H3/t14-,17+/m0/s1. The Morgan fingerprint density at radius 3 is 2.64 bits per heavy atom. The summed E-state index contributed by atoms with van der Waals surface area (Å²) >= 11 is 1.47. The van der Waals surface area contributed by atoms with E-state index < -0.39 is 0 Å². The summed E-state index contributed by atoms with van der Waals surface area (Å²) in [6, 6.07) is 12.0. The Hall–Kier alpha value is -2.38. The lowest BCUT2D eigenvalue weighted by Crippen LogP contribution is -2.34. The number of amides is 1. The van der Waals surface area contributed by atoms with Crippen LogP contribution in [0.3, 0.4) is 0 Å². The Kier molecular flexibility index (Phi) is 5.12. The van der Waals surface area contributed by atoms with E-state index in [1.165, 1.54) is 11.3 Å². The van der Waals surface area contributed by atoms with E-state index >= 15 is 0 Å². The molecule has 1 amide bonds. The van der Waals surface area contributed by atoms with E-state index in [-0.39, 0.29) is 17.9 Å². The number of nitrogens with zero attached hydrogens (tertiary/aromatic N) is 4. The quantitative estimate of drug-likeness (QED) is 0.716. The monoisotopic (exact) mass is 398 g/mol. The molecule has 1 fully saturated rings. The van der Waals surface area contributed by atoms with Crippen LogP contribution >= 0.6 is 11.3 Å². The first-order valence-corrected chi connectivity index (χ1v) is 10.5. The molecular formula is C21H26N4O2S. The number of hydrogen-bond acceptors (Lipinski definition) is 5. The van der Waals surface area contributed by atoms with Crippen LogP contribution < -0.4 is 4.90 Å². The Morgan fingerprint density at radius 1 is 1.25 bits per heavy atom. The molecule has 1 N–H and O–H groups in total. The van der Waals surface area contributed by atoms with Crippen molar-refractivity contribution in [2.24, 2.45) is 5.92 Å². The van der Waals surface area contributed by atoms with Crippen LogP contribution in [0.15, 0.2) is 36.4 Å². The maximum absolute atomic E-state index is 13.0. The summed E-state index contributed by atoms with van der Waals surface area (Å²) in [5.41, 5.74) is 1.85. The summed E-state index contributed by atoms with van der Waals surface area (Å²) in [5.74, 6) is 1.02. The van der Waals surface area contributed by atoms with E-state index in [0.29, 0.717) is 11.4 Å². The van der Waals surface area contributed by atoms with Gasteiger partial charge in [0.2, 0.25) is 5.95 Å². The first-order valence-electron chi connectivity index (χ1n) is 9.64. The molecule has 0 spiro atoms. The highest BCUT2D eigenvalue weighted by molar-refractivity contribution is 7.20. The number of para-hydroxylation sites is 1. The van der Waals surface area contributed by atoms with Crippen molar-refractivity contribution < 1.29 is 9.90 Å². The van der Waals surface area contributed by atoms with Crippen LogP contribution in [0.4, 0.5) is 5.95 Å². The van der Waals surface area contributed by atoms with Crippen LogP contribution in [-0.2, 0) is 0 Å². The van der Waals surface area contributed by atoms with E-state index in [0.717, 1.165) is 41.2 Å². The van der Waals surface area contributed by atoms with Crippen molar-refractivity contribution in [3.63, 3.8) is 0 Å². The van der Waals surface area contributed by atoms with Gasteiger partial charge in [0.25, 0.3) is 5.91 Å². The van der Waals surface area contributed by atoms with Crippen LogP contribution in [-0.4, -0.2) is 59.3 Å². The summed E-state index contributed by atoms with van der Waals surface area (Å²) in [4.78, 5) is 23.1. The zero-order chi connectivity index (χ0) is 19.8. The number of thiophene rings is 1. The van der Waals surface area contributed by atoms with Crippen molar-refractivity contribution in [2.75, 3.05) is 32.6 Å². The molecular weight excluding hydrogens is 372 g/mol. The van der Waals surface area contributed by atoms with Gasteiger partial charge in [0.1, 0.15) is 10.3 Å². The fourth-order valence-corrected chi connectivity index (χ4v) is 5.04. The van der Waals surface area contributed by atoms with Crippen molar-refractivity contribution in [2.45, 2.75) is 25.4 Å². The number of aromatic nitrogens is 2. The van der Waals surface area contributed by atoms with Gasteiger partial charge in [-0.1, -0.05) is 24.6 Å². The molecule has 0 aliphatic heterocycles. The number of imidazole rings is 1. The van der Waals surface area contributed by atoms with Crippen molar-refractivity contribution in [3.8, 4) is 5.69 Å². The molecule has 6 nitrogen and oxygen atoms in total. The van der Waals surface area contributed by atoms with E-state index in [4.69, 9.17) is 4.98 Å². The van der Waals surface area contributed by atoms with Gasteiger partial charge in [0, 0.05) is 39.3 Å². The SMILES string of the molecule is CN(C[C@@H]1CCC[C@H]1O)C(=O)c1cc2nc(N(C)C)n(-c3ccccc3)c2s1. The second-order valence-corrected chi connectivity index (χ2v) is 8.75. The molecule has 148 valence electrons. The second kappa shape index (κ2) is 7.56. The third-order valence-electron chi connectivity index (χ3n) is 5.42. The molecule has 2 heterocycles. The molecule has 1 aliphatic carbocycles. The van der Waals surface area contributed by atoms with Crippen molar-refractivity contribution >= 4 is 33.5 Å². The summed E-state index contributed by atoms with van der Waals surface area (Å²) in [6.07, 6.45) is 2.57. The highest BCUT2D eigenvalue weighted by Crippen LogP contribution is 2.33. The zero-order valence-electron chi connectivity index (χ0n) is 16.5. The maximum atomic E-state index is 13.0. The van der Waals surface area contributed by atoms with Gasteiger partial charge < -0.3 is 14.9 Å². The smallest absolute Gasteiger partial charge is 0.263 e. The highest BCUT2D eigenvalue weighted by atomic mass is 32.1. The lowest BCUT2D eigenvalue weighted by atomic mass is 10.1. The van der Waals surface area contributed by atoms with Gasteiger partial charge >= 0.3 is 0 Å². The average Bonchev–Trinajstić information content (AvgIpc) is 3.36. The molecule has 4 rings (SSSR count). The Balaban J connectivity index is 1.66. The predicted octanol–water partition coefficient (Wildman–Crippen LogP) is 3.39. The number of carbonyl (C=O) groups excluding carboxylic acids is 1. The van der Waals surface area contributed by atoms with Gasteiger partial charge in [-0.3, -0.25) is 9.36 Å². The molecule has 1 aromatic carbocycles. The molecule has 1 aliphatic rings. The lowest BCUT2D eigenvalue weighted by molar-refractivity contribution is 0.0698. The van der Waals surface area contributed by atoms with Crippen molar-refractivity contribution in [3.05, 3.63) is 41.3 Å². The molecule has 2 atom stereocenters.